The quantitative estimate of drug-likeness (QED) is 0.175. The van der Waals surface area contributed by atoms with E-state index in [1.807, 2.05) is 66.7 Å². The van der Waals surface area contributed by atoms with Crippen molar-refractivity contribution < 1.29 is 23.9 Å². The summed E-state index contributed by atoms with van der Waals surface area (Å²) in [6.45, 7) is 3.79. The third-order valence-electron chi connectivity index (χ3n) is 7.61. The summed E-state index contributed by atoms with van der Waals surface area (Å²) in [6.07, 6.45) is 0.458. The molecule has 0 aliphatic carbocycles. The van der Waals surface area contributed by atoms with Crippen LogP contribution >= 0.6 is 0 Å². The summed E-state index contributed by atoms with van der Waals surface area (Å²) in [5, 5.41) is 12.2. The molecular formula is C34H38N6O5. The molecule has 4 amide bonds. The first-order valence-corrected chi connectivity index (χ1v) is 15.0. The molecule has 4 aromatic rings. The minimum atomic E-state index is -0.644. The highest BCUT2D eigenvalue weighted by Gasteiger charge is 2.37. The summed E-state index contributed by atoms with van der Waals surface area (Å²) < 4.78 is 4.96. The molecule has 45 heavy (non-hydrogen) atoms. The Bertz CT molecular complexity index is 1670. The first-order valence-electron chi connectivity index (χ1n) is 15.0. The second-order valence-electron chi connectivity index (χ2n) is 11.2. The van der Waals surface area contributed by atoms with Crippen LogP contribution in [0.4, 0.5) is 16.2 Å². The molecule has 0 radical (unpaired) electrons. The van der Waals surface area contributed by atoms with Crippen LogP contribution < -0.4 is 21.3 Å². The fourth-order valence-electron chi connectivity index (χ4n) is 5.49. The number of fused-ring (bicyclic) bond motifs is 1. The van der Waals surface area contributed by atoms with Crippen molar-refractivity contribution in [2.24, 2.45) is 0 Å². The minimum Gasteiger partial charge on any atom is -0.447 e. The SMILES string of the molecule is CN[C@@H](C(=O)N1CCC[C@H]1C(=O)Nc1ccc2[nH]c(-c3ccc(NC(=O)CNC(=O)OC(C)C)cc3)cc2c1)c1ccccc1. The molecule has 2 atom stereocenters. The molecule has 0 saturated carbocycles. The molecule has 1 aliphatic rings. The first-order chi connectivity index (χ1) is 21.7. The lowest BCUT2D eigenvalue weighted by Gasteiger charge is -2.28. The maximum absolute atomic E-state index is 13.5. The zero-order chi connectivity index (χ0) is 31.9. The number of anilines is 2. The minimum absolute atomic E-state index is 0.110. The topological polar surface area (TPSA) is 145 Å². The van der Waals surface area contributed by atoms with E-state index in [1.165, 1.54) is 0 Å². The first kappa shape index (κ1) is 31.3. The van der Waals surface area contributed by atoms with E-state index in [0.717, 1.165) is 34.1 Å². The van der Waals surface area contributed by atoms with E-state index < -0.39 is 18.2 Å². The van der Waals surface area contributed by atoms with Crippen molar-refractivity contribution in [3.05, 3.63) is 84.4 Å². The second kappa shape index (κ2) is 14.1. The van der Waals surface area contributed by atoms with Gasteiger partial charge in [0.05, 0.1) is 6.10 Å². The molecule has 1 saturated heterocycles. The maximum Gasteiger partial charge on any atom is 0.407 e. The van der Waals surface area contributed by atoms with E-state index >= 15 is 0 Å². The number of aromatic nitrogens is 1. The van der Waals surface area contributed by atoms with E-state index in [1.54, 1.807) is 37.9 Å². The Labute approximate surface area is 261 Å². The van der Waals surface area contributed by atoms with Crippen molar-refractivity contribution in [3.63, 3.8) is 0 Å². The standard InChI is InChI=1S/C34H38N6O5/c1-21(2)45-34(44)36-20-30(41)37-25-13-11-22(12-14-25)28-19-24-18-26(15-16-27(24)39-28)38-32(42)29-10-7-17-40(29)33(43)31(35-3)23-8-5-4-6-9-23/h4-6,8-9,11-16,18-19,21,29,31,35,39H,7,10,17,20H2,1-3H3,(H,36,44)(H,37,41)(H,38,42)/t29-,31+/m0/s1. The van der Waals surface area contributed by atoms with Gasteiger partial charge in [-0.2, -0.15) is 0 Å². The van der Waals surface area contributed by atoms with Crippen LogP contribution in [0.15, 0.2) is 78.9 Å². The number of nitrogens with zero attached hydrogens (tertiary/aromatic N) is 1. The molecule has 0 spiro atoms. The number of carbonyl (C=O) groups excluding carboxylic acids is 4. The Kier molecular flexibility index (Phi) is 9.79. The smallest absolute Gasteiger partial charge is 0.407 e. The lowest BCUT2D eigenvalue weighted by Crippen LogP contribution is -2.47. The van der Waals surface area contributed by atoms with Crippen molar-refractivity contribution >= 4 is 46.1 Å². The maximum atomic E-state index is 13.5. The third-order valence-corrected chi connectivity index (χ3v) is 7.61. The molecule has 2 heterocycles. The van der Waals surface area contributed by atoms with Crippen molar-refractivity contribution in [2.45, 2.75) is 44.9 Å². The lowest BCUT2D eigenvalue weighted by atomic mass is 10.1. The van der Waals surface area contributed by atoms with E-state index in [2.05, 4.69) is 26.3 Å². The van der Waals surface area contributed by atoms with Crippen molar-refractivity contribution in [2.75, 3.05) is 30.8 Å². The number of hydrogen-bond donors (Lipinski definition) is 5. The molecule has 0 bridgehead atoms. The highest BCUT2D eigenvalue weighted by atomic mass is 16.6. The zero-order valence-electron chi connectivity index (χ0n) is 25.6. The molecule has 0 unspecified atom stereocenters. The average molecular weight is 611 g/mol. The van der Waals surface area contributed by atoms with Gasteiger partial charge in [-0.3, -0.25) is 14.4 Å². The number of nitrogens with one attached hydrogen (secondary N) is 5. The number of rotatable bonds is 10. The van der Waals surface area contributed by atoms with Crippen molar-refractivity contribution in [1.82, 2.24) is 20.5 Å². The van der Waals surface area contributed by atoms with Gasteiger partial charge in [0.1, 0.15) is 18.6 Å². The van der Waals surface area contributed by atoms with Crippen molar-refractivity contribution in [3.8, 4) is 11.3 Å². The van der Waals surface area contributed by atoms with Crippen LogP contribution in [-0.2, 0) is 19.1 Å². The van der Waals surface area contributed by atoms with E-state index in [0.29, 0.717) is 24.3 Å². The van der Waals surface area contributed by atoms with Crippen LogP contribution in [-0.4, -0.2) is 66.0 Å². The number of amides is 4. The van der Waals surface area contributed by atoms with Gasteiger partial charge in [-0.25, -0.2) is 4.79 Å². The molecule has 5 N–H and O–H groups in total. The fourth-order valence-corrected chi connectivity index (χ4v) is 5.49. The molecule has 11 nitrogen and oxygen atoms in total. The van der Waals surface area contributed by atoms with Crippen LogP contribution in [0.25, 0.3) is 22.2 Å². The Hall–Kier alpha value is -5.16. The molecule has 3 aromatic carbocycles. The van der Waals surface area contributed by atoms with Gasteiger partial charge >= 0.3 is 6.09 Å². The van der Waals surface area contributed by atoms with Crippen LogP contribution in [0.1, 0.15) is 38.3 Å². The molecule has 11 heteroatoms. The summed E-state index contributed by atoms with van der Waals surface area (Å²) in [4.78, 5) is 55.7. The van der Waals surface area contributed by atoms with Gasteiger partial charge in [0.25, 0.3) is 0 Å². The number of likely N-dealkylation sites (N-methyl/N-ethyl adjacent to an activating group) is 1. The number of H-pyrrole nitrogens is 1. The van der Waals surface area contributed by atoms with E-state index in [9.17, 15) is 19.2 Å². The predicted octanol–water partition coefficient (Wildman–Crippen LogP) is 4.80. The van der Waals surface area contributed by atoms with Gasteiger partial charge < -0.3 is 35.9 Å². The van der Waals surface area contributed by atoms with Gasteiger partial charge in [0, 0.05) is 34.5 Å². The number of hydrogen-bond acceptors (Lipinski definition) is 6. The molecule has 1 aliphatic heterocycles. The highest BCUT2D eigenvalue weighted by Crippen LogP contribution is 2.29. The summed E-state index contributed by atoms with van der Waals surface area (Å²) in [5.74, 6) is -0.684. The van der Waals surface area contributed by atoms with Crippen molar-refractivity contribution in [1.29, 1.82) is 0 Å². The van der Waals surface area contributed by atoms with Gasteiger partial charge in [0.2, 0.25) is 17.7 Å². The fraction of sp³-hybridized carbons (Fsp3) is 0.294. The second-order valence-corrected chi connectivity index (χ2v) is 11.2. The number of likely N-dealkylation sites (tertiary alicyclic amines) is 1. The molecule has 5 rings (SSSR count). The third kappa shape index (κ3) is 7.68. The Morgan fingerprint density at radius 1 is 0.933 bits per heavy atom. The number of ether oxygens (including phenoxy) is 1. The van der Waals surface area contributed by atoms with Crippen LogP contribution in [0, 0.1) is 0 Å². The number of alkyl carbamates (subject to hydrolysis) is 1. The monoisotopic (exact) mass is 610 g/mol. The van der Waals surface area contributed by atoms with Gasteiger partial charge in [-0.1, -0.05) is 42.5 Å². The van der Waals surface area contributed by atoms with Gasteiger partial charge in [-0.05, 0) is 81.3 Å². The highest BCUT2D eigenvalue weighted by molar-refractivity contribution is 6.00. The Balaban J connectivity index is 1.21. The van der Waals surface area contributed by atoms with Gasteiger partial charge in [-0.15, -0.1) is 0 Å². The summed E-state index contributed by atoms with van der Waals surface area (Å²) >= 11 is 0. The molecule has 1 fully saturated rings. The van der Waals surface area contributed by atoms with Crippen LogP contribution in [0.2, 0.25) is 0 Å². The number of benzene rings is 3. The van der Waals surface area contributed by atoms with E-state index in [4.69, 9.17) is 4.74 Å². The Morgan fingerprint density at radius 3 is 2.38 bits per heavy atom. The zero-order valence-corrected chi connectivity index (χ0v) is 25.6. The molecular weight excluding hydrogens is 572 g/mol. The lowest BCUT2D eigenvalue weighted by molar-refractivity contribution is -0.138. The van der Waals surface area contributed by atoms with Gasteiger partial charge in [0.15, 0.2) is 0 Å². The largest absolute Gasteiger partial charge is 0.447 e. The summed E-state index contributed by atoms with van der Waals surface area (Å²) in [6, 6.07) is 23.4. The molecule has 234 valence electrons. The van der Waals surface area contributed by atoms with Crippen LogP contribution in [0.3, 0.4) is 0 Å². The summed E-state index contributed by atoms with van der Waals surface area (Å²) in [7, 11) is 1.75. The number of aromatic amines is 1. The Morgan fingerprint density at radius 2 is 1.67 bits per heavy atom. The average Bonchev–Trinajstić information content (AvgIpc) is 3.69. The summed E-state index contributed by atoms with van der Waals surface area (Å²) in [5.41, 5.74) is 4.78. The van der Waals surface area contributed by atoms with Crippen LogP contribution in [0.5, 0.6) is 0 Å². The molecule has 1 aromatic heterocycles. The number of carbonyl (C=O) groups is 4. The van der Waals surface area contributed by atoms with E-state index in [-0.39, 0.29) is 30.4 Å². The predicted molar refractivity (Wildman–Crippen MR) is 174 cm³/mol. The normalized spacial score (nSPS) is 15.1.